The number of hydrogen-bond donors (Lipinski definition) is 1. The van der Waals surface area contributed by atoms with E-state index >= 15 is 0 Å². The summed E-state index contributed by atoms with van der Waals surface area (Å²) >= 11 is 0. The monoisotopic (exact) mass is 451 g/mol. The third-order valence-electron chi connectivity index (χ3n) is 5.85. The van der Waals surface area contributed by atoms with Gasteiger partial charge in [-0.2, -0.15) is 0 Å². The summed E-state index contributed by atoms with van der Waals surface area (Å²) in [4.78, 5) is 29.0. The first-order valence-electron chi connectivity index (χ1n) is 10.9. The number of amides is 1. The van der Waals surface area contributed by atoms with Crippen LogP contribution in [0.1, 0.15) is 11.1 Å². The van der Waals surface area contributed by atoms with Crippen LogP contribution in [0.5, 0.6) is 11.5 Å². The summed E-state index contributed by atoms with van der Waals surface area (Å²) < 4.78 is 15.9. The number of hydrogen-bond acceptors (Lipinski definition) is 7. The zero-order chi connectivity index (χ0) is 23.4. The standard InChI is InChI=1S/C25H29N3O5/c1-17-4-5-22-18(11-25(30)33-23(22)10-17)15-27-6-8-28(9-7-27)16-24(29)26-19-12-20(31-2)14-21(13-19)32-3/h4-5,10-14H,6-9,15-16H2,1-3H3,(H,26,29). The number of rotatable bonds is 7. The van der Waals surface area contributed by atoms with Crippen LogP contribution in [0.15, 0.2) is 51.7 Å². The number of fused-ring (bicyclic) bond motifs is 1. The number of carbonyl (C=O) groups is 1. The SMILES string of the molecule is COc1cc(NC(=O)CN2CCN(Cc3cc(=O)oc4cc(C)ccc34)CC2)cc(OC)c1. The minimum absolute atomic E-state index is 0.0826. The van der Waals surface area contributed by atoms with E-state index in [1.807, 2.05) is 25.1 Å². The number of anilines is 1. The van der Waals surface area contributed by atoms with E-state index in [0.717, 1.165) is 42.7 Å². The smallest absolute Gasteiger partial charge is 0.336 e. The molecule has 1 N–H and O–H groups in total. The highest BCUT2D eigenvalue weighted by atomic mass is 16.5. The lowest BCUT2D eigenvalue weighted by Gasteiger charge is -2.34. The number of ether oxygens (including phenoxy) is 2. The van der Waals surface area contributed by atoms with Crippen molar-refractivity contribution in [1.82, 2.24) is 9.80 Å². The molecule has 174 valence electrons. The van der Waals surface area contributed by atoms with Crippen LogP contribution in [-0.2, 0) is 11.3 Å². The predicted molar refractivity (Wildman–Crippen MR) is 127 cm³/mol. The van der Waals surface area contributed by atoms with E-state index in [1.165, 1.54) is 0 Å². The molecule has 3 aromatic rings. The van der Waals surface area contributed by atoms with E-state index < -0.39 is 0 Å². The van der Waals surface area contributed by atoms with Crippen LogP contribution in [0, 0.1) is 6.92 Å². The fourth-order valence-corrected chi connectivity index (χ4v) is 4.10. The minimum atomic E-state index is -0.326. The highest BCUT2D eigenvalue weighted by Gasteiger charge is 2.20. The normalized spacial score (nSPS) is 14.9. The molecule has 0 aliphatic carbocycles. The van der Waals surface area contributed by atoms with E-state index in [9.17, 15) is 9.59 Å². The van der Waals surface area contributed by atoms with Crippen molar-refractivity contribution in [2.24, 2.45) is 0 Å². The molecular formula is C25H29N3O5. The van der Waals surface area contributed by atoms with Gasteiger partial charge in [-0.05, 0) is 24.1 Å². The Morgan fingerprint density at radius 3 is 2.30 bits per heavy atom. The number of aryl methyl sites for hydroxylation is 1. The maximum absolute atomic E-state index is 12.6. The van der Waals surface area contributed by atoms with Gasteiger partial charge >= 0.3 is 5.63 Å². The number of nitrogens with zero attached hydrogens (tertiary/aromatic N) is 2. The summed E-state index contributed by atoms with van der Waals surface area (Å²) in [5.74, 6) is 1.16. The average molecular weight is 452 g/mol. The average Bonchev–Trinajstić information content (AvgIpc) is 2.79. The topological polar surface area (TPSA) is 84.3 Å². The first kappa shape index (κ1) is 22.8. The Balaban J connectivity index is 1.33. The summed E-state index contributed by atoms with van der Waals surface area (Å²) in [7, 11) is 3.15. The lowest BCUT2D eigenvalue weighted by Crippen LogP contribution is -2.48. The second kappa shape index (κ2) is 10.1. The third-order valence-corrected chi connectivity index (χ3v) is 5.85. The number of nitrogens with one attached hydrogen (secondary N) is 1. The number of methoxy groups -OCH3 is 2. The van der Waals surface area contributed by atoms with Gasteiger partial charge in [0.2, 0.25) is 5.91 Å². The number of piperazine rings is 1. The van der Waals surface area contributed by atoms with Crippen LogP contribution >= 0.6 is 0 Å². The molecule has 4 rings (SSSR count). The fraction of sp³-hybridized carbons (Fsp3) is 0.360. The third kappa shape index (κ3) is 5.71. The molecule has 33 heavy (non-hydrogen) atoms. The van der Waals surface area contributed by atoms with Crippen molar-refractivity contribution < 1.29 is 18.7 Å². The zero-order valence-electron chi connectivity index (χ0n) is 19.2. The van der Waals surface area contributed by atoms with Crippen molar-refractivity contribution in [2.75, 3.05) is 52.3 Å². The molecule has 1 saturated heterocycles. The van der Waals surface area contributed by atoms with Crippen LogP contribution in [0.3, 0.4) is 0 Å². The summed E-state index contributed by atoms with van der Waals surface area (Å²) in [6, 6.07) is 12.8. The van der Waals surface area contributed by atoms with Gasteiger partial charge in [-0.25, -0.2) is 4.79 Å². The van der Waals surface area contributed by atoms with Crippen molar-refractivity contribution in [3.8, 4) is 11.5 Å². The van der Waals surface area contributed by atoms with Crippen molar-refractivity contribution in [2.45, 2.75) is 13.5 Å². The quantitative estimate of drug-likeness (QED) is 0.553. The number of benzene rings is 2. The van der Waals surface area contributed by atoms with Gasteiger partial charge in [0.15, 0.2) is 0 Å². The highest BCUT2D eigenvalue weighted by Crippen LogP contribution is 2.26. The van der Waals surface area contributed by atoms with Gasteiger partial charge in [0.25, 0.3) is 0 Å². The first-order valence-corrected chi connectivity index (χ1v) is 10.9. The minimum Gasteiger partial charge on any atom is -0.497 e. The Kier molecular flexibility index (Phi) is 6.96. The Morgan fingerprint density at radius 1 is 0.970 bits per heavy atom. The summed E-state index contributed by atoms with van der Waals surface area (Å²) in [5, 5.41) is 3.89. The van der Waals surface area contributed by atoms with Crippen LogP contribution in [0.2, 0.25) is 0 Å². The second-order valence-corrected chi connectivity index (χ2v) is 8.29. The lowest BCUT2D eigenvalue weighted by atomic mass is 10.1. The maximum atomic E-state index is 12.6. The molecule has 0 saturated carbocycles. The first-order chi connectivity index (χ1) is 15.9. The molecule has 1 aliphatic rings. The predicted octanol–water partition coefficient (Wildman–Crippen LogP) is 2.87. The van der Waals surface area contributed by atoms with Gasteiger partial charge in [-0.1, -0.05) is 12.1 Å². The van der Waals surface area contributed by atoms with E-state index in [-0.39, 0.29) is 11.5 Å². The van der Waals surface area contributed by atoms with Gasteiger partial charge in [0, 0.05) is 68.1 Å². The summed E-state index contributed by atoms with van der Waals surface area (Å²) in [5.41, 5.74) is 2.97. The largest absolute Gasteiger partial charge is 0.497 e. The Hall–Kier alpha value is -3.36. The molecule has 0 radical (unpaired) electrons. The lowest BCUT2D eigenvalue weighted by molar-refractivity contribution is -0.117. The Bertz CT molecular complexity index is 1180. The van der Waals surface area contributed by atoms with Crippen LogP contribution in [-0.4, -0.2) is 62.7 Å². The molecule has 1 amide bonds. The highest BCUT2D eigenvalue weighted by molar-refractivity contribution is 5.92. The maximum Gasteiger partial charge on any atom is 0.336 e. The van der Waals surface area contributed by atoms with E-state index in [0.29, 0.717) is 35.9 Å². The van der Waals surface area contributed by atoms with E-state index in [2.05, 4.69) is 15.1 Å². The Morgan fingerprint density at radius 2 is 1.64 bits per heavy atom. The molecule has 1 aromatic heterocycles. The van der Waals surface area contributed by atoms with Gasteiger partial charge in [0.05, 0.1) is 20.8 Å². The van der Waals surface area contributed by atoms with E-state index in [4.69, 9.17) is 13.9 Å². The van der Waals surface area contributed by atoms with Crippen molar-refractivity contribution in [3.63, 3.8) is 0 Å². The molecule has 0 spiro atoms. The van der Waals surface area contributed by atoms with Gasteiger partial charge in [0.1, 0.15) is 17.1 Å². The Labute approximate surface area is 192 Å². The molecule has 0 unspecified atom stereocenters. The van der Waals surface area contributed by atoms with Crippen LogP contribution in [0.4, 0.5) is 5.69 Å². The molecule has 2 heterocycles. The van der Waals surface area contributed by atoms with E-state index in [1.54, 1.807) is 38.5 Å². The fourth-order valence-electron chi connectivity index (χ4n) is 4.10. The second-order valence-electron chi connectivity index (χ2n) is 8.29. The van der Waals surface area contributed by atoms with Gasteiger partial charge in [-0.3, -0.25) is 14.6 Å². The van der Waals surface area contributed by atoms with Crippen LogP contribution in [0.25, 0.3) is 11.0 Å². The van der Waals surface area contributed by atoms with Crippen molar-refractivity contribution in [3.05, 3.63) is 64.0 Å². The zero-order valence-corrected chi connectivity index (χ0v) is 19.2. The number of carbonyl (C=O) groups excluding carboxylic acids is 1. The molecule has 1 fully saturated rings. The molecular weight excluding hydrogens is 422 g/mol. The molecule has 8 nitrogen and oxygen atoms in total. The van der Waals surface area contributed by atoms with Gasteiger partial charge < -0.3 is 19.2 Å². The summed E-state index contributed by atoms with van der Waals surface area (Å²) in [6.07, 6.45) is 0. The van der Waals surface area contributed by atoms with Gasteiger partial charge in [-0.15, -0.1) is 0 Å². The molecule has 2 aromatic carbocycles. The van der Waals surface area contributed by atoms with Crippen molar-refractivity contribution >= 4 is 22.6 Å². The van der Waals surface area contributed by atoms with Crippen molar-refractivity contribution in [1.29, 1.82) is 0 Å². The molecule has 1 aliphatic heterocycles. The van der Waals surface area contributed by atoms with Crippen LogP contribution < -0.4 is 20.4 Å². The summed E-state index contributed by atoms with van der Waals surface area (Å²) in [6.45, 7) is 6.13. The molecule has 0 atom stereocenters. The molecule has 0 bridgehead atoms. The molecule has 8 heteroatoms.